The molecule has 0 aromatic heterocycles. The van der Waals surface area contributed by atoms with Crippen LogP contribution in [0.15, 0.2) is 113 Å². The molecule has 4 amide bonds. The Morgan fingerprint density at radius 2 is 1.40 bits per heavy atom. The number of rotatable bonds is 7. The number of azo groups is 1. The molecule has 6 atom stereocenters. The molecule has 8 rings (SSSR count). The third kappa shape index (κ3) is 5.52. The van der Waals surface area contributed by atoms with Crippen LogP contribution in [0.3, 0.4) is 0 Å². The van der Waals surface area contributed by atoms with Crippen LogP contribution in [0.1, 0.15) is 24.3 Å². The average molecular weight is 783 g/mol. The summed E-state index contributed by atoms with van der Waals surface area (Å²) in [6.45, 7) is 0. The van der Waals surface area contributed by atoms with Gasteiger partial charge in [-0.3, -0.25) is 24.1 Å². The van der Waals surface area contributed by atoms with Gasteiger partial charge in [0, 0.05) is 25.7 Å². The molecule has 2 aliphatic heterocycles. The topological polar surface area (TPSA) is 132 Å². The Kier molecular flexibility index (Phi) is 8.81. The van der Waals surface area contributed by atoms with Crippen molar-refractivity contribution in [3.63, 3.8) is 0 Å². The number of anilines is 3. The maximum absolute atomic E-state index is 14.5. The summed E-state index contributed by atoms with van der Waals surface area (Å²) in [5.41, 5.74) is 3.50. The highest BCUT2D eigenvalue weighted by atomic mass is 35.5. The van der Waals surface area contributed by atoms with Crippen molar-refractivity contribution in [2.75, 3.05) is 35.9 Å². The number of hydrogen-bond acceptors (Lipinski definition) is 9. The van der Waals surface area contributed by atoms with Gasteiger partial charge in [0.25, 0.3) is 11.8 Å². The van der Waals surface area contributed by atoms with E-state index in [9.17, 15) is 28.7 Å². The number of benzene rings is 4. The van der Waals surface area contributed by atoms with E-state index in [4.69, 9.17) is 27.9 Å². The third-order valence-corrected chi connectivity index (χ3v) is 12.6. The van der Waals surface area contributed by atoms with Crippen LogP contribution in [0.2, 0.25) is 0 Å². The van der Waals surface area contributed by atoms with Crippen molar-refractivity contribution in [3.05, 3.63) is 114 Å². The maximum atomic E-state index is 14.5. The molecule has 1 saturated carbocycles. The van der Waals surface area contributed by atoms with E-state index in [2.05, 4.69) is 10.2 Å². The van der Waals surface area contributed by atoms with E-state index in [1.54, 1.807) is 36.4 Å². The fourth-order valence-corrected chi connectivity index (χ4v) is 9.45. The summed E-state index contributed by atoms with van der Waals surface area (Å²) >= 11 is 14.8. The van der Waals surface area contributed by atoms with Crippen molar-refractivity contribution in [2.45, 2.75) is 28.5 Å². The molecule has 3 fully saturated rings. The van der Waals surface area contributed by atoms with Crippen molar-refractivity contribution >= 4 is 75.3 Å². The molecule has 1 N–H and O–H groups in total. The van der Waals surface area contributed by atoms with Crippen LogP contribution >= 0.6 is 23.2 Å². The zero-order valence-corrected chi connectivity index (χ0v) is 31.3. The average Bonchev–Trinajstić information content (AvgIpc) is 3.52. The van der Waals surface area contributed by atoms with Gasteiger partial charge in [0.15, 0.2) is 21.2 Å². The van der Waals surface area contributed by atoms with Gasteiger partial charge in [0.1, 0.15) is 5.82 Å². The van der Waals surface area contributed by atoms with Crippen LogP contribution in [0.25, 0.3) is 0 Å². The Hall–Kier alpha value is -5.59. The van der Waals surface area contributed by atoms with Crippen LogP contribution in [0, 0.1) is 23.6 Å². The van der Waals surface area contributed by atoms with E-state index in [1.807, 2.05) is 43.3 Å². The second-order valence-corrected chi connectivity index (χ2v) is 15.6. The Morgan fingerprint density at radius 1 is 0.800 bits per heavy atom. The quantitative estimate of drug-likeness (QED) is 0.0877. The van der Waals surface area contributed by atoms with Gasteiger partial charge in [-0.25, -0.2) is 9.29 Å². The van der Waals surface area contributed by atoms with Gasteiger partial charge in [0.2, 0.25) is 11.8 Å². The minimum Gasteiger partial charge on any atom is -0.504 e. The van der Waals surface area contributed by atoms with E-state index in [0.717, 1.165) is 27.6 Å². The van der Waals surface area contributed by atoms with Gasteiger partial charge in [-0.1, -0.05) is 17.7 Å². The lowest BCUT2D eigenvalue weighted by Gasteiger charge is -2.50. The Bertz CT molecular complexity index is 2320. The lowest BCUT2D eigenvalue weighted by atomic mass is 9.56. The minimum atomic E-state index is -2.14. The number of methoxy groups -OCH3 is 1. The van der Waals surface area contributed by atoms with E-state index >= 15 is 0 Å². The predicted molar refractivity (Wildman–Crippen MR) is 205 cm³/mol. The molecule has 4 aromatic rings. The van der Waals surface area contributed by atoms with E-state index in [-0.39, 0.29) is 30.0 Å². The number of aromatic hydroxyl groups is 1. The summed E-state index contributed by atoms with van der Waals surface area (Å²) in [5, 5.41) is 19.5. The molecule has 0 radical (unpaired) electrons. The molecular weight excluding hydrogens is 748 g/mol. The first-order valence-electron chi connectivity index (χ1n) is 17.5. The molecule has 14 heteroatoms. The summed E-state index contributed by atoms with van der Waals surface area (Å²) in [7, 11) is 5.28. The van der Waals surface area contributed by atoms with Gasteiger partial charge >= 0.3 is 0 Å². The van der Waals surface area contributed by atoms with Crippen LogP contribution in [-0.4, -0.2) is 59.7 Å². The lowest BCUT2D eigenvalue weighted by Crippen LogP contribution is -2.60. The number of fused-ring (bicyclic) bond motifs is 4. The summed E-state index contributed by atoms with van der Waals surface area (Å²) in [4.78, 5) is 57.3. The van der Waals surface area contributed by atoms with Crippen molar-refractivity contribution in [1.29, 1.82) is 0 Å². The first-order chi connectivity index (χ1) is 26.3. The third-order valence-electron chi connectivity index (χ3n) is 11.2. The number of carbonyl (C=O) groups is 4. The molecule has 0 spiro atoms. The number of hydrogen-bond donors (Lipinski definition) is 1. The smallest absolute Gasteiger partial charge is 0.258 e. The molecular formula is C41H34Cl2FN5O6. The summed E-state index contributed by atoms with van der Waals surface area (Å²) in [6.07, 6.45) is 1.72. The maximum Gasteiger partial charge on any atom is 0.258 e. The number of ether oxygens (including phenoxy) is 1. The molecule has 6 unspecified atom stereocenters. The number of halogens is 3. The predicted octanol–water partition coefficient (Wildman–Crippen LogP) is 7.79. The Morgan fingerprint density at radius 3 is 2.00 bits per heavy atom. The van der Waals surface area contributed by atoms with Gasteiger partial charge in [-0.15, -0.1) is 23.2 Å². The Balaban J connectivity index is 1.15. The molecule has 2 aliphatic carbocycles. The number of nitrogens with zero attached hydrogens (tertiary/aromatic N) is 5. The summed E-state index contributed by atoms with van der Waals surface area (Å²) in [5.74, 6) is -6.85. The highest BCUT2D eigenvalue weighted by molar-refractivity contribution is 6.58. The first-order valence-corrected chi connectivity index (χ1v) is 18.3. The zero-order chi connectivity index (χ0) is 39.0. The lowest BCUT2D eigenvalue weighted by molar-refractivity contribution is -0.125. The molecule has 4 aromatic carbocycles. The fraction of sp³-hybridized carbons (Fsp3) is 0.268. The monoisotopic (exact) mass is 781 g/mol. The van der Waals surface area contributed by atoms with Gasteiger partial charge < -0.3 is 14.7 Å². The van der Waals surface area contributed by atoms with E-state index in [1.165, 1.54) is 31.4 Å². The molecule has 0 bridgehead atoms. The summed E-state index contributed by atoms with van der Waals surface area (Å²) < 4.78 is 19.2. The SMILES string of the molecule is COc1ccc(C2C3=CCC4C(=O)N(c5ccc(N=Nc6ccc(N(C)C)cc6)cc5)C(=O)C4C3CC3(Cl)C(=O)N(c4ccc(F)cc4)C(=O)C23Cl)cc1O. The normalized spacial score (nSPS) is 27.3. The molecule has 4 aliphatic rings. The molecule has 2 saturated heterocycles. The largest absolute Gasteiger partial charge is 0.504 e. The number of carbonyl (C=O) groups excluding carboxylic acids is 4. The van der Waals surface area contributed by atoms with Crippen molar-refractivity contribution < 1.29 is 33.4 Å². The van der Waals surface area contributed by atoms with Crippen LogP contribution in [0.4, 0.5) is 32.8 Å². The Labute approximate surface area is 325 Å². The fourth-order valence-electron chi connectivity index (χ4n) is 8.51. The van der Waals surface area contributed by atoms with Crippen molar-refractivity contribution in [1.82, 2.24) is 0 Å². The van der Waals surface area contributed by atoms with Crippen LogP contribution in [0.5, 0.6) is 11.5 Å². The number of amides is 4. The summed E-state index contributed by atoms with van der Waals surface area (Å²) in [6, 6.07) is 23.4. The highest BCUT2D eigenvalue weighted by Crippen LogP contribution is 2.66. The molecule has 11 nitrogen and oxygen atoms in total. The number of alkyl halides is 2. The number of phenols is 1. The second kappa shape index (κ2) is 13.3. The standard InChI is InChI=1S/C41H34Cl2FN5O6/c1-47(2)26-13-7-24(8-14-26)45-46-25-9-15-27(16-10-25)48-36(51)30-18-17-29-31(34(30)37(48)52)21-40(42)38(53)49(28-11-5-23(44)6-12-28)39(54)41(40,43)35(29)22-4-19-33(55-3)32(50)20-22/h4-17,19-20,30-31,34-35,50H,18,21H2,1-3H3. The van der Waals surface area contributed by atoms with Gasteiger partial charge in [0.05, 0.1) is 41.7 Å². The van der Waals surface area contributed by atoms with Crippen LogP contribution in [-0.2, 0) is 19.2 Å². The van der Waals surface area contributed by atoms with Crippen molar-refractivity contribution in [3.8, 4) is 11.5 Å². The molecule has 280 valence electrons. The van der Waals surface area contributed by atoms with E-state index < -0.39 is 62.9 Å². The number of allylic oxidation sites excluding steroid dienone is 2. The van der Waals surface area contributed by atoms with E-state index in [0.29, 0.717) is 28.2 Å². The molecule has 55 heavy (non-hydrogen) atoms. The molecule has 2 heterocycles. The van der Waals surface area contributed by atoms with Gasteiger partial charge in [-0.2, -0.15) is 10.2 Å². The number of phenolic OH excluding ortho intramolecular Hbond substituents is 1. The number of imide groups is 2. The zero-order valence-electron chi connectivity index (χ0n) is 29.8. The first kappa shape index (κ1) is 36.4. The van der Waals surface area contributed by atoms with Gasteiger partial charge in [-0.05, 0) is 109 Å². The minimum absolute atomic E-state index is 0.0699. The van der Waals surface area contributed by atoms with Crippen molar-refractivity contribution in [2.24, 2.45) is 28.0 Å². The van der Waals surface area contributed by atoms with Crippen LogP contribution < -0.4 is 19.4 Å². The second-order valence-electron chi connectivity index (χ2n) is 14.3. The highest BCUT2D eigenvalue weighted by Gasteiger charge is 2.76.